The van der Waals surface area contributed by atoms with Gasteiger partial charge in [-0.3, -0.25) is 14.9 Å². The highest BCUT2D eigenvalue weighted by Gasteiger charge is 2.27. The molecule has 1 aliphatic rings. The molecule has 2 unspecified atom stereocenters. The molecule has 0 bridgehead atoms. The van der Waals surface area contributed by atoms with E-state index in [0.29, 0.717) is 5.92 Å². The molecule has 0 radical (unpaired) electrons. The molecule has 1 aromatic rings. The van der Waals surface area contributed by atoms with Crippen LogP contribution in [0.5, 0.6) is 0 Å². The molecule has 0 aromatic heterocycles. The van der Waals surface area contributed by atoms with Crippen LogP contribution in [0.4, 0.5) is 11.4 Å². The van der Waals surface area contributed by atoms with Crippen LogP contribution in [0, 0.1) is 16.0 Å². The first-order chi connectivity index (χ1) is 10.0. The lowest BCUT2D eigenvalue weighted by molar-refractivity contribution is -0.383. The van der Waals surface area contributed by atoms with Gasteiger partial charge in [-0.15, -0.1) is 0 Å². The predicted octanol–water partition coefficient (Wildman–Crippen LogP) is 2.96. The Labute approximate surface area is 128 Å². The molecule has 1 fully saturated rings. The van der Waals surface area contributed by atoms with Gasteiger partial charge in [-0.05, 0) is 37.4 Å². The van der Waals surface area contributed by atoms with Crippen LogP contribution in [0.25, 0.3) is 0 Å². The molecule has 1 aliphatic heterocycles. The van der Waals surface area contributed by atoms with Crippen molar-refractivity contribution in [3.63, 3.8) is 0 Å². The van der Waals surface area contributed by atoms with Gasteiger partial charge in [0.25, 0.3) is 5.69 Å². The van der Waals surface area contributed by atoms with Crippen LogP contribution in [-0.4, -0.2) is 23.4 Å². The number of benzene rings is 1. The molecular formula is C14H18ClN3O3. The number of nitrogens with zero attached hydrogens (tertiary/aromatic N) is 1. The minimum absolute atomic E-state index is 0.176. The molecule has 2 atom stereocenters. The van der Waals surface area contributed by atoms with E-state index in [0.717, 1.165) is 25.8 Å². The highest BCUT2D eigenvalue weighted by molar-refractivity contribution is 6.31. The van der Waals surface area contributed by atoms with Crippen molar-refractivity contribution in [1.82, 2.24) is 5.32 Å². The number of nitro groups is 1. The average molecular weight is 312 g/mol. The molecular weight excluding hydrogens is 294 g/mol. The second-order valence-electron chi connectivity index (χ2n) is 5.21. The zero-order valence-electron chi connectivity index (χ0n) is 11.8. The number of nitro benzene ring substituents is 1. The minimum Gasteiger partial charge on any atom is -0.319 e. The zero-order valence-corrected chi connectivity index (χ0v) is 12.5. The van der Waals surface area contributed by atoms with Gasteiger partial charge in [0.1, 0.15) is 5.69 Å². The van der Waals surface area contributed by atoms with Crippen molar-refractivity contribution in [3.05, 3.63) is 33.3 Å². The van der Waals surface area contributed by atoms with E-state index in [-0.39, 0.29) is 28.3 Å². The molecule has 6 nitrogen and oxygen atoms in total. The van der Waals surface area contributed by atoms with E-state index in [9.17, 15) is 14.9 Å². The lowest BCUT2D eigenvalue weighted by Crippen LogP contribution is -2.46. The second kappa shape index (κ2) is 6.87. The van der Waals surface area contributed by atoms with E-state index >= 15 is 0 Å². The first-order valence-electron chi connectivity index (χ1n) is 6.99. The third kappa shape index (κ3) is 3.92. The summed E-state index contributed by atoms with van der Waals surface area (Å²) in [7, 11) is 0. The van der Waals surface area contributed by atoms with E-state index < -0.39 is 4.92 Å². The molecule has 1 amide bonds. The summed E-state index contributed by atoms with van der Waals surface area (Å²) < 4.78 is 0. The number of piperidine rings is 1. The van der Waals surface area contributed by atoms with Gasteiger partial charge in [-0.1, -0.05) is 24.9 Å². The van der Waals surface area contributed by atoms with Gasteiger partial charge in [-0.2, -0.15) is 0 Å². The van der Waals surface area contributed by atoms with E-state index in [2.05, 4.69) is 17.6 Å². The van der Waals surface area contributed by atoms with Gasteiger partial charge in [0, 0.05) is 11.1 Å². The summed E-state index contributed by atoms with van der Waals surface area (Å²) >= 11 is 5.75. The maximum absolute atomic E-state index is 12.3. The predicted molar refractivity (Wildman–Crippen MR) is 81.5 cm³/mol. The summed E-state index contributed by atoms with van der Waals surface area (Å²) in [5.41, 5.74) is -0.0199. The fourth-order valence-electron chi connectivity index (χ4n) is 2.55. The fourth-order valence-corrected chi connectivity index (χ4v) is 2.71. The van der Waals surface area contributed by atoms with Crippen LogP contribution < -0.4 is 10.6 Å². The van der Waals surface area contributed by atoms with Gasteiger partial charge in [-0.25, -0.2) is 0 Å². The van der Waals surface area contributed by atoms with E-state index in [1.165, 1.54) is 18.2 Å². The number of carbonyl (C=O) groups is 1. The number of hydrogen-bond donors (Lipinski definition) is 2. The summed E-state index contributed by atoms with van der Waals surface area (Å²) in [5.74, 6) is 0.278. The number of carbonyl (C=O) groups excluding carboxylic acids is 1. The van der Waals surface area contributed by atoms with E-state index in [1.54, 1.807) is 0 Å². The molecule has 0 aliphatic carbocycles. The van der Waals surface area contributed by atoms with Crippen molar-refractivity contribution in [3.8, 4) is 0 Å². The van der Waals surface area contributed by atoms with E-state index in [1.807, 2.05) is 0 Å². The molecule has 1 aromatic carbocycles. The number of hydrogen-bond acceptors (Lipinski definition) is 4. The SMILES string of the molecule is CCC1CCNC(C(=O)Nc2ccc(Cl)cc2[N+](=O)[O-])C1. The number of halogens is 1. The van der Waals surface area contributed by atoms with Crippen LogP contribution in [0.15, 0.2) is 18.2 Å². The second-order valence-corrected chi connectivity index (χ2v) is 5.65. The largest absolute Gasteiger partial charge is 0.319 e. The Morgan fingerprint density at radius 3 is 3.00 bits per heavy atom. The lowest BCUT2D eigenvalue weighted by Gasteiger charge is -2.28. The minimum atomic E-state index is -0.551. The lowest BCUT2D eigenvalue weighted by atomic mass is 9.90. The van der Waals surface area contributed by atoms with Crippen LogP contribution in [-0.2, 0) is 4.79 Å². The first-order valence-corrected chi connectivity index (χ1v) is 7.37. The van der Waals surface area contributed by atoms with Crippen molar-refractivity contribution in [2.45, 2.75) is 32.2 Å². The summed E-state index contributed by atoms with van der Waals surface area (Å²) in [6, 6.07) is 3.91. The Morgan fingerprint density at radius 1 is 1.57 bits per heavy atom. The normalized spacial score (nSPS) is 21.8. The van der Waals surface area contributed by atoms with Gasteiger partial charge in [0.2, 0.25) is 5.91 Å². The van der Waals surface area contributed by atoms with Crippen molar-refractivity contribution in [1.29, 1.82) is 0 Å². The smallest absolute Gasteiger partial charge is 0.294 e. The van der Waals surface area contributed by atoms with Crippen LogP contribution in [0.1, 0.15) is 26.2 Å². The molecule has 21 heavy (non-hydrogen) atoms. The maximum Gasteiger partial charge on any atom is 0.294 e. The van der Waals surface area contributed by atoms with Crippen LogP contribution >= 0.6 is 11.6 Å². The molecule has 2 N–H and O–H groups in total. The Bertz CT molecular complexity index is 550. The molecule has 114 valence electrons. The fraction of sp³-hybridized carbons (Fsp3) is 0.500. The molecule has 7 heteroatoms. The highest BCUT2D eigenvalue weighted by atomic mass is 35.5. The summed E-state index contributed by atoms with van der Waals surface area (Å²) in [4.78, 5) is 22.7. The summed E-state index contributed by atoms with van der Waals surface area (Å²) in [6.07, 6.45) is 2.84. The maximum atomic E-state index is 12.3. The quantitative estimate of drug-likeness (QED) is 0.661. The van der Waals surface area contributed by atoms with Crippen LogP contribution in [0.2, 0.25) is 5.02 Å². The third-order valence-corrected chi connectivity index (χ3v) is 4.06. The highest BCUT2D eigenvalue weighted by Crippen LogP contribution is 2.28. The van der Waals surface area contributed by atoms with Gasteiger partial charge < -0.3 is 10.6 Å². The number of anilines is 1. The molecule has 1 saturated heterocycles. The number of rotatable bonds is 4. The van der Waals surface area contributed by atoms with E-state index in [4.69, 9.17) is 11.6 Å². The zero-order chi connectivity index (χ0) is 15.4. The van der Waals surface area contributed by atoms with Gasteiger partial charge in [0.15, 0.2) is 0 Å². The van der Waals surface area contributed by atoms with Crippen molar-refractivity contribution in [2.24, 2.45) is 5.92 Å². The van der Waals surface area contributed by atoms with Gasteiger partial charge in [0.05, 0.1) is 11.0 Å². The van der Waals surface area contributed by atoms with Crippen molar-refractivity contribution in [2.75, 3.05) is 11.9 Å². The van der Waals surface area contributed by atoms with Crippen molar-refractivity contribution < 1.29 is 9.72 Å². The molecule has 2 rings (SSSR count). The first kappa shape index (κ1) is 15.7. The Balaban J connectivity index is 2.11. The Kier molecular flexibility index (Phi) is 5.14. The monoisotopic (exact) mass is 311 g/mol. The Morgan fingerprint density at radius 2 is 2.33 bits per heavy atom. The van der Waals surface area contributed by atoms with Gasteiger partial charge >= 0.3 is 0 Å². The summed E-state index contributed by atoms with van der Waals surface area (Å²) in [5, 5.41) is 17.1. The number of amides is 1. The third-order valence-electron chi connectivity index (χ3n) is 3.82. The van der Waals surface area contributed by atoms with Crippen molar-refractivity contribution >= 4 is 28.9 Å². The molecule has 0 saturated carbocycles. The molecule has 1 heterocycles. The average Bonchev–Trinajstić information content (AvgIpc) is 2.48. The van der Waals surface area contributed by atoms with Crippen LogP contribution in [0.3, 0.4) is 0 Å². The number of nitrogens with one attached hydrogen (secondary N) is 2. The topological polar surface area (TPSA) is 84.3 Å². The Hall–Kier alpha value is -1.66. The molecule has 0 spiro atoms. The summed E-state index contributed by atoms with van der Waals surface area (Å²) in [6.45, 7) is 2.90. The standard InChI is InChI=1S/C14H18ClN3O3/c1-2-9-5-6-16-12(7-9)14(19)17-11-4-3-10(15)8-13(11)18(20)21/h3-4,8-9,12,16H,2,5-7H2,1H3,(H,17,19).